The molecule has 9 heteroatoms. The van der Waals surface area contributed by atoms with Gasteiger partial charge < -0.3 is 15.3 Å². The number of rotatable bonds is 4. The van der Waals surface area contributed by atoms with Gasteiger partial charge in [0.25, 0.3) is 0 Å². The third-order valence-electron chi connectivity index (χ3n) is 4.68. The molecule has 0 atom stereocenters. The summed E-state index contributed by atoms with van der Waals surface area (Å²) in [4.78, 5) is 15.5. The Morgan fingerprint density at radius 3 is 3.15 bits per heavy atom. The monoisotopic (exact) mass is 372 g/mol. The molecule has 3 aromatic rings. The number of amides is 2. The second kappa shape index (κ2) is 6.93. The highest BCUT2D eigenvalue weighted by Gasteiger charge is 2.26. The SMILES string of the molecule is Cn1nc(CO)c2c1CCN(C(=O)NCc1cn[nH]c1-c1cccs1)C2. The molecule has 0 fully saturated rings. The quantitative estimate of drug-likeness (QED) is 0.648. The van der Waals surface area contributed by atoms with E-state index in [1.807, 2.05) is 24.6 Å². The summed E-state index contributed by atoms with van der Waals surface area (Å²) in [5, 5.41) is 25.9. The number of nitrogens with one attached hydrogen (secondary N) is 2. The Balaban J connectivity index is 1.43. The Hall–Kier alpha value is -2.65. The normalized spacial score (nSPS) is 13.7. The van der Waals surface area contributed by atoms with Crippen LogP contribution in [0.1, 0.15) is 22.5 Å². The summed E-state index contributed by atoms with van der Waals surface area (Å²) < 4.78 is 1.80. The predicted octanol–water partition coefficient (Wildman–Crippen LogP) is 1.63. The molecule has 4 rings (SSSR count). The highest BCUT2D eigenvalue weighted by atomic mass is 32.1. The van der Waals surface area contributed by atoms with E-state index in [1.54, 1.807) is 27.1 Å². The molecule has 26 heavy (non-hydrogen) atoms. The predicted molar refractivity (Wildman–Crippen MR) is 97.4 cm³/mol. The van der Waals surface area contributed by atoms with Crippen LogP contribution in [0.5, 0.6) is 0 Å². The van der Waals surface area contributed by atoms with Gasteiger partial charge in [0.1, 0.15) is 0 Å². The zero-order valence-corrected chi connectivity index (χ0v) is 15.2. The molecule has 3 aromatic heterocycles. The summed E-state index contributed by atoms with van der Waals surface area (Å²) in [7, 11) is 1.87. The highest BCUT2D eigenvalue weighted by Crippen LogP contribution is 2.26. The Morgan fingerprint density at radius 2 is 2.38 bits per heavy atom. The van der Waals surface area contributed by atoms with Crippen molar-refractivity contribution in [2.75, 3.05) is 6.54 Å². The topological polar surface area (TPSA) is 99.1 Å². The van der Waals surface area contributed by atoms with Gasteiger partial charge in [0.2, 0.25) is 0 Å². The lowest BCUT2D eigenvalue weighted by molar-refractivity contribution is 0.190. The summed E-state index contributed by atoms with van der Waals surface area (Å²) in [6.45, 7) is 1.39. The standard InChI is InChI=1S/C17H20N6O2S/c1-22-14-4-5-23(9-12(14)13(10-24)21-22)17(25)18-7-11-8-19-20-16(11)15-3-2-6-26-15/h2-3,6,8,24H,4-5,7,9-10H2,1H3,(H,18,25)(H,19,20). The number of aromatic amines is 1. The number of hydrogen-bond acceptors (Lipinski definition) is 5. The van der Waals surface area contributed by atoms with Gasteiger partial charge in [0, 0.05) is 43.4 Å². The van der Waals surface area contributed by atoms with Gasteiger partial charge in [-0.15, -0.1) is 11.3 Å². The molecule has 2 amide bonds. The van der Waals surface area contributed by atoms with Crippen molar-refractivity contribution < 1.29 is 9.90 Å². The van der Waals surface area contributed by atoms with Gasteiger partial charge in [-0.25, -0.2) is 4.79 Å². The minimum atomic E-state index is -0.123. The van der Waals surface area contributed by atoms with Crippen molar-refractivity contribution >= 4 is 17.4 Å². The van der Waals surface area contributed by atoms with Crippen LogP contribution in [-0.4, -0.2) is 42.6 Å². The number of aliphatic hydroxyl groups excluding tert-OH is 1. The molecule has 0 saturated carbocycles. The molecule has 0 aliphatic carbocycles. The number of hydrogen-bond donors (Lipinski definition) is 3. The fourth-order valence-electron chi connectivity index (χ4n) is 3.33. The fraction of sp³-hybridized carbons (Fsp3) is 0.353. The molecule has 0 aromatic carbocycles. The van der Waals surface area contributed by atoms with Gasteiger partial charge in [-0.3, -0.25) is 9.78 Å². The zero-order chi connectivity index (χ0) is 18.1. The number of carbonyl (C=O) groups is 1. The summed E-state index contributed by atoms with van der Waals surface area (Å²) in [5.74, 6) is 0. The largest absolute Gasteiger partial charge is 0.390 e. The molecule has 4 heterocycles. The van der Waals surface area contributed by atoms with E-state index in [9.17, 15) is 9.90 Å². The number of aliphatic hydroxyl groups is 1. The highest BCUT2D eigenvalue weighted by molar-refractivity contribution is 7.13. The first-order valence-electron chi connectivity index (χ1n) is 8.40. The number of aryl methyl sites for hydroxylation is 1. The molecule has 0 saturated heterocycles. The number of H-pyrrole nitrogens is 1. The second-order valence-electron chi connectivity index (χ2n) is 6.23. The summed E-state index contributed by atoms with van der Waals surface area (Å²) in [5.41, 5.74) is 4.59. The first-order chi connectivity index (χ1) is 12.7. The molecule has 8 nitrogen and oxygen atoms in total. The van der Waals surface area contributed by atoms with E-state index >= 15 is 0 Å². The maximum atomic E-state index is 12.6. The molecule has 0 spiro atoms. The number of nitrogens with zero attached hydrogens (tertiary/aromatic N) is 4. The smallest absolute Gasteiger partial charge is 0.317 e. The fourth-order valence-corrected chi connectivity index (χ4v) is 4.09. The van der Waals surface area contributed by atoms with E-state index < -0.39 is 0 Å². The van der Waals surface area contributed by atoms with Crippen LogP contribution >= 0.6 is 11.3 Å². The third-order valence-corrected chi connectivity index (χ3v) is 5.57. The van der Waals surface area contributed by atoms with Crippen LogP contribution in [-0.2, 0) is 33.2 Å². The van der Waals surface area contributed by atoms with Crippen LogP contribution < -0.4 is 5.32 Å². The number of urea groups is 1. The van der Waals surface area contributed by atoms with Crippen molar-refractivity contribution in [1.82, 2.24) is 30.2 Å². The van der Waals surface area contributed by atoms with Crippen LogP contribution in [0.4, 0.5) is 4.79 Å². The van der Waals surface area contributed by atoms with Crippen LogP contribution in [0.3, 0.4) is 0 Å². The molecule has 136 valence electrons. The van der Waals surface area contributed by atoms with Gasteiger partial charge in [-0.05, 0) is 11.4 Å². The maximum absolute atomic E-state index is 12.6. The summed E-state index contributed by atoms with van der Waals surface area (Å²) in [6.07, 6.45) is 2.48. The van der Waals surface area contributed by atoms with Crippen molar-refractivity contribution in [2.24, 2.45) is 7.05 Å². The van der Waals surface area contributed by atoms with Gasteiger partial charge in [0.05, 0.1) is 35.6 Å². The van der Waals surface area contributed by atoms with Crippen LogP contribution in [0.15, 0.2) is 23.7 Å². The zero-order valence-electron chi connectivity index (χ0n) is 14.4. The minimum Gasteiger partial charge on any atom is -0.390 e. The number of carbonyl (C=O) groups excluding carboxylic acids is 1. The Morgan fingerprint density at radius 1 is 1.50 bits per heavy atom. The Bertz CT molecular complexity index is 914. The molecule has 0 bridgehead atoms. The number of aromatic nitrogens is 4. The first-order valence-corrected chi connectivity index (χ1v) is 9.28. The average molecular weight is 372 g/mol. The second-order valence-corrected chi connectivity index (χ2v) is 7.18. The van der Waals surface area contributed by atoms with Crippen molar-refractivity contribution in [2.45, 2.75) is 26.1 Å². The van der Waals surface area contributed by atoms with E-state index in [0.29, 0.717) is 25.3 Å². The van der Waals surface area contributed by atoms with E-state index in [4.69, 9.17) is 0 Å². The summed E-state index contributed by atoms with van der Waals surface area (Å²) >= 11 is 1.63. The van der Waals surface area contributed by atoms with E-state index in [1.165, 1.54) is 0 Å². The lowest BCUT2D eigenvalue weighted by Gasteiger charge is -2.27. The van der Waals surface area contributed by atoms with Crippen LogP contribution in [0.2, 0.25) is 0 Å². The molecule has 0 radical (unpaired) electrons. The lowest BCUT2D eigenvalue weighted by Crippen LogP contribution is -2.42. The Kier molecular flexibility index (Phi) is 4.48. The van der Waals surface area contributed by atoms with Gasteiger partial charge >= 0.3 is 6.03 Å². The Labute approximate surface area is 154 Å². The molecule has 3 N–H and O–H groups in total. The number of thiophene rings is 1. The van der Waals surface area contributed by atoms with Crippen molar-refractivity contribution in [3.8, 4) is 10.6 Å². The van der Waals surface area contributed by atoms with Gasteiger partial charge in [-0.1, -0.05) is 6.07 Å². The van der Waals surface area contributed by atoms with Crippen molar-refractivity contribution in [1.29, 1.82) is 0 Å². The first kappa shape index (κ1) is 16.8. The molecular formula is C17H20N6O2S. The van der Waals surface area contributed by atoms with Crippen molar-refractivity contribution in [3.63, 3.8) is 0 Å². The van der Waals surface area contributed by atoms with E-state index in [2.05, 4.69) is 20.6 Å². The molecule has 1 aliphatic rings. The van der Waals surface area contributed by atoms with E-state index in [0.717, 1.165) is 33.8 Å². The third kappa shape index (κ3) is 2.99. The molecule has 1 aliphatic heterocycles. The van der Waals surface area contributed by atoms with Crippen molar-refractivity contribution in [3.05, 3.63) is 46.2 Å². The van der Waals surface area contributed by atoms with E-state index in [-0.39, 0.29) is 12.6 Å². The molecular weight excluding hydrogens is 352 g/mol. The molecule has 0 unspecified atom stereocenters. The number of fused-ring (bicyclic) bond motifs is 1. The van der Waals surface area contributed by atoms with Gasteiger partial charge in [-0.2, -0.15) is 10.2 Å². The lowest BCUT2D eigenvalue weighted by atomic mass is 10.1. The average Bonchev–Trinajstić information content (AvgIpc) is 3.39. The van der Waals surface area contributed by atoms with Crippen LogP contribution in [0.25, 0.3) is 10.6 Å². The van der Waals surface area contributed by atoms with Gasteiger partial charge in [0.15, 0.2) is 0 Å². The maximum Gasteiger partial charge on any atom is 0.317 e. The summed E-state index contributed by atoms with van der Waals surface area (Å²) in [6, 6.07) is 3.89. The minimum absolute atomic E-state index is 0.113. The van der Waals surface area contributed by atoms with Crippen LogP contribution in [0, 0.1) is 0 Å².